The van der Waals surface area contributed by atoms with Gasteiger partial charge in [-0.1, -0.05) is 15.9 Å². The van der Waals surface area contributed by atoms with E-state index in [1.54, 1.807) is 12.1 Å². The van der Waals surface area contributed by atoms with Crippen LogP contribution in [0.25, 0.3) is 0 Å². The second-order valence-corrected chi connectivity index (χ2v) is 3.55. The Hall–Kier alpha value is 1.45. The third-order valence-electron chi connectivity index (χ3n) is 1.01. The van der Waals surface area contributed by atoms with Gasteiger partial charge in [0.25, 0.3) is 0 Å². The van der Waals surface area contributed by atoms with Gasteiger partial charge in [-0.2, -0.15) is 0 Å². The van der Waals surface area contributed by atoms with Gasteiger partial charge in [-0.05, 0) is 35.3 Å². The second kappa shape index (κ2) is 5.99. The quantitative estimate of drug-likeness (QED) is 0.464. The van der Waals surface area contributed by atoms with Crippen molar-refractivity contribution in [3.8, 4) is 0 Å². The molecule has 0 aliphatic rings. The number of hydrogen-bond donors (Lipinski definition) is 0. The molecule has 0 radical (unpaired) electrons. The minimum Gasteiger partial charge on any atom is -0.768 e. The first-order valence-electron chi connectivity index (χ1n) is 2.55. The molecule has 0 amide bonds. The van der Waals surface area contributed by atoms with E-state index in [4.69, 9.17) is 0 Å². The second-order valence-electron chi connectivity index (χ2n) is 1.69. The fourth-order valence-electron chi connectivity index (χ4n) is 0.546. The molecule has 1 atom stereocenters. The fourth-order valence-corrected chi connectivity index (χ4v) is 1.17. The SMILES string of the molecule is O=S([O-])c1ccc(Br)cc1.[K+]. The van der Waals surface area contributed by atoms with Crippen LogP contribution in [0.1, 0.15) is 0 Å². The van der Waals surface area contributed by atoms with Gasteiger partial charge in [-0.3, -0.25) is 4.21 Å². The molecule has 0 aliphatic carbocycles. The number of rotatable bonds is 1. The summed E-state index contributed by atoms with van der Waals surface area (Å²) in [5, 5.41) is 0. The average molecular weight is 259 g/mol. The van der Waals surface area contributed by atoms with Crippen LogP contribution in [0.2, 0.25) is 0 Å². The molecule has 1 unspecified atom stereocenters. The zero-order chi connectivity index (χ0) is 7.56. The van der Waals surface area contributed by atoms with Gasteiger partial charge in [0.15, 0.2) is 0 Å². The third-order valence-corrected chi connectivity index (χ3v) is 2.19. The van der Waals surface area contributed by atoms with Gasteiger partial charge < -0.3 is 4.55 Å². The molecule has 5 heteroatoms. The summed E-state index contributed by atoms with van der Waals surface area (Å²) in [4.78, 5) is 0.309. The van der Waals surface area contributed by atoms with Gasteiger partial charge >= 0.3 is 51.4 Å². The molecule has 0 bridgehead atoms. The topological polar surface area (TPSA) is 40.1 Å². The minimum absolute atomic E-state index is 0. The Morgan fingerprint density at radius 2 is 1.73 bits per heavy atom. The molecular formula is C6H4BrKO2S. The summed E-state index contributed by atoms with van der Waals surface area (Å²) in [6.07, 6.45) is 0. The molecular weight excluding hydrogens is 255 g/mol. The molecule has 1 aromatic rings. The smallest absolute Gasteiger partial charge is 0.768 e. The van der Waals surface area contributed by atoms with Crippen molar-refractivity contribution in [2.24, 2.45) is 0 Å². The third kappa shape index (κ3) is 4.28. The maximum atomic E-state index is 10.3. The first-order valence-corrected chi connectivity index (χ1v) is 4.42. The predicted molar refractivity (Wildman–Crippen MR) is 41.3 cm³/mol. The number of halogens is 1. The monoisotopic (exact) mass is 258 g/mol. The molecule has 0 fully saturated rings. The molecule has 0 spiro atoms. The summed E-state index contributed by atoms with van der Waals surface area (Å²) in [5.74, 6) is 0. The zero-order valence-corrected chi connectivity index (χ0v) is 11.4. The average Bonchev–Trinajstić information content (AvgIpc) is 1.88. The molecule has 1 aromatic carbocycles. The first-order chi connectivity index (χ1) is 4.70. The normalized spacial score (nSPS) is 11.8. The Morgan fingerprint density at radius 1 is 1.27 bits per heavy atom. The van der Waals surface area contributed by atoms with Crippen LogP contribution >= 0.6 is 15.9 Å². The van der Waals surface area contributed by atoms with Crippen LogP contribution < -0.4 is 51.4 Å². The van der Waals surface area contributed by atoms with E-state index < -0.39 is 11.1 Å². The van der Waals surface area contributed by atoms with E-state index in [0.717, 1.165) is 4.47 Å². The summed E-state index contributed by atoms with van der Waals surface area (Å²) < 4.78 is 21.5. The Balaban J connectivity index is 0.000001000. The Morgan fingerprint density at radius 3 is 2.09 bits per heavy atom. The predicted octanol–water partition coefficient (Wildman–Crippen LogP) is -1.31. The maximum Gasteiger partial charge on any atom is 1.00 e. The largest absolute Gasteiger partial charge is 1.00 e. The Bertz CT molecular complexity index is 249. The molecule has 0 saturated heterocycles. The molecule has 0 saturated carbocycles. The van der Waals surface area contributed by atoms with Crippen LogP contribution in [-0.4, -0.2) is 8.76 Å². The van der Waals surface area contributed by atoms with Crippen molar-refractivity contribution >= 4 is 27.0 Å². The Kier molecular flexibility index (Phi) is 6.77. The van der Waals surface area contributed by atoms with Crippen molar-refractivity contribution < 1.29 is 60.1 Å². The van der Waals surface area contributed by atoms with Gasteiger partial charge in [0.1, 0.15) is 0 Å². The van der Waals surface area contributed by atoms with Crippen LogP contribution in [0.3, 0.4) is 0 Å². The van der Waals surface area contributed by atoms with E-state index in [9.17, 15) is 8.76 Å². The fraction of sp³-hybridized carbons (Fsp3) is 0. The van der Waals surface area contributed by atoms with E-state index >= 15 is 0 Å². The van der Waals surface area contributed by atoms with Gasteiger partial charge in [0.05, 0.1) is 0 Å². The molecule has 2 nitrogen and oxygen atoms in total. The molecule has 1 rings (SSSR count). The maximum absolute atomic E-state index is 10.3. The zero-order valence-electron chi connectivity index (χ0n) is 5.91. The number of benzene rings is 1. The van der Waals surface area contributed by atoms with Crippen molar-refractivity contribution in [2.75, 3.05) is 0 Å². The molecule has 54 valence electrons. The van der Waals surface area contributed by atoms with Crippen LogP contribution in [0.4, 0.5) is 0 Å². The molecule has 0 aliphatic heterocycles. The summed E-state index contributed by atoms with van der Waals surface area (Å²) in [5.41, 5.74) is 0. The minimum atomic E-state index is -2.11. The Labute approximate surface area is 119 Å². The van der Waals surface area contributed by atoms with Gasteiger partial charge in [-0.25, -0.2) is 0 Å². The summed E-state index contributed by atoms with van der Waals surface area (Å²) in [7, 11) is 0. The van der Waals surface area contributed by atoms with E-state index in [1.165, 1.54) is 12.1 Å². The van der Waals surface area contributed by atoms with E-state index in [1.807, 2.05) is 0 Å². The number of hydrogen-bond acceptors (Lipinski definition) is 2. The van der Waals surface area contributed by atoms with Gasteiger partial charge in [-0.15, -0.1) is 0 Å². The molecule has 0 aromatic heterocycles. The molecule has 0 heterocycles. The van der Waals surface area contributed by atoms with E-state index in [0.29, 0.717) is 4.90 Å². The van der Waals surface area contributed by atoms with E-state index in [2.05, 4.69) is 15.9 Å². The standard InChI is InChI=1S/C6H5BrO2S.K/c7-5-1-3-6(4-2-5)10(8)9;/h1-4H,(H,8,9);/q;+1/p-1. The van der Waals surface area contributed by atoms with Crippen molar-refractivity contribution in [2.45, 2.75) is 4.90 Å². The summed E-state index contributed by atoms with van der Waals surface area (Å²) >= 11 is 1.09. The van der Waals surface area contributed by atoms with Crippen LogP contribution in [-0.2, 0) is 11.1 Å². The molecule has 0 N–H and O–H groups in total. The van der Waals surface area contributed by atoms with Gasteiger partial charge in [0.2, 0.25) is 0 Å². The van der Waals surface area contributed by atoms with Crippen molar-refractivity contribution in [3.05, 3.63) is 28.7 Å². The van der Waals surface area contributed by atoms with E-state index in [-0.39, 0.29) is 51.4 Å². The van der Waals surface area contributed by atoms with Crippen LogP contribution in [0.5, 0.6) is 0 Å². The van der Waals surface area contributed by atoms with Crippen molar-refractivity contribution in [1.82, 2.24) is 0 Å². The molecule has 11 heavy (non-hydrogen) atoms. The first kappa shape index (κ1) is 12.4. The summed E-state index contributed by atoms with van der Waals surface area (Å²) in [6.45, 7) is 0. The van der Waals surface area contributed by atoms with Crippen LogP contribution in [0, 0.1) is 0 Å². The van der Waals surface area contributed by atoms with Crippen molar-refractivity contribution in [1.29, 1.82) is 0 Å². The van der Waals surface area contributed by atoms with Gasteiger partial charge in [0, 0.05) is 9.37 Å². The van der Waals surface area contributed by atoms with Crippen LogP contribution in [0.15, 0.2) is 33.6 Å². The van der Waals surface area contributed by atoms with Crippen molar-refractivity contribution in [3.63, 3.8) is 0 Å². The summed E-state index contributed by atoms with van der Waals surface area (Å²) in [6, 6.07) is 6.44.